The Labute approximate surface area is 130 Å². The van der Waals surface area contributed by atoms with E-state index in [9.17, 15) is 0 Å². The highest BCUT2D eigenvalue weighted by Gasteiger charge is 2.07. The summed E-state index contributed by atoms with van der Waals surface area (Å²) >= 11 is 5.32. The first-order chi connectivity index (χ1) is 9.78. The van der Waals surface area contributed by atoms with Gasteiger partial charge in [0.05, 0.1) is 15.2 Å². The molecule has 0 unspecified atom stereocenters. The monoisotopic (exact) mass is 347 g/mol. The lowest BCUT2D eigenvalue weighted by Crippen LogP contribution is -1.97. The van der Waals surface area contributed by atoms with E-state index in [0.717, 1.165) is 32.7 Å². The summed E-state index contributed by atoms with van der Waals surface area (Å²) in [7, 11) is 0. The lowest BCUT2D eigenvalue weighted by molar-refractivity contribution is 0.300. The molecule has 0 radical (unpaired) electrons. The second-order valence-corrected chi connectivity index (χ2v) is 6.21. The average molecular weight is 348 g/mol. The zero-order valence-corrected chi connectivity index (χ0v) is 13.5. The van der Waals surface area contributed by atoms with Gasteiger partial charge in [-0.05, 0) is 39.2 Å². The summed E-state index contributed by atoms with van der Waals surface area (Å²) in [6, 6.07) is 12.3. The third-order valence-electron chi connectivity index (χ3n) is 3.11. The molecular weight excluding hydrogens is 334 g/mol. The van der Waals surface area contributed by atoms with Crippen molar-refractivity contribution in [3.8, 4) is 5.75 Å². The third kappa shape index (κ3) is 2.72. The zero-order valence-electron chi connectivity index (χ0n) is 11.1. The minimum Gasteiger partial charge on any atom is -0.486 e. The number of nitrogens with zero attached hydrogens (tertiary/aromatic N) is 1. The summed E-state index contributed by atoms with van der Waals surface area (Å²) in [5.41, 5.74) is 0.993. The molecule has 0 saturated carbocycles. The number of hydrogen-bond acceptors (Lipinski definition) is 3. The molecule has 2 nitrogen and oxygen atoms in total. The van der Waals surface area contributed by atoms with Crippen molar-refractivity contribution < 1.29 is 4.74 Å². The predicted octanol–water partition coefficient (Wildman–Crippen LogP) is 5.20. The molecule has 2 aromatic carbocycles. The van der Waals surface area contributed by atoms with Gasteiger partial charge in [-0.1, -0.05) is 37.3 Å². The number of aromatic nitrogens is 1. The van der Waals surface area contributed by atoms with Crippen LogP contribution in [0.2, 0.25) is 0 Å². The first-order valence-corrected chi connectivity index (χ1v) is 8.18. The SMILES string of the molecule is CCc1nc(COc2ccc3ccccc3c2Br)cs1. The van der Waals surface area contributed by atoms with Crippen molar-refractivity contribution >= 4 is 38.0 Å². The van der Waals surface area contributed by atoms with E-state index in [0.29, 0.717) is 6.61 Å². The van der Waals surface area contributed by atoms with Gasteiger partial charge >= 0.3 is 0 Å². The second kappa shape index (κ2) is 5.94. The molecule has 1 heterocycles. The molecule has 0 aliphatic carbocycles. The number of thiazole rings is 1. The largest absolute Gasteiger partial charge is 0.486 e. The number of hydrogen-bond donors (Lipinski definition) is 0. The highest BCUT2D eigenvalue weighted by atomic mass is 79.9. The normalized spacial score (nSPS) is 10.9. The lowest BCUT2D eigenvalue weighted by atomic mass is 10.1. The quantitative estimate of drug-likeness (QED) is 0.646. The van der Waals surface area contributed by atoms with Crippen molar-refractivity contribution in [2.24, 2.45) is 0 Å². The highest BCUT2D eigenvalue weighted by Crippen LogP contribution is 2.33. The van der Waals surface area contributed by atoms with E-state index in [1.807, 2.05) is 18.2 Å². The van der Waals surface area contributed by atoms with E-state index in [-0.39, 0.29) is 0 Å². The molecule has 20 heavy (non-hydrogen) atoms. The summed E-state index contributed by atoms with van der Waals surface area (Å²) in [6.45, 7) is 2.62. The molecule has 0 amide bonds. The van der Waals surface area contributed by atoms with Gasteiger partial charge in [0, 0.05) is 5.38 Å². The summed E-state index contributed by atoms with van der Waals surface area (Å²) in [5, 5.41) is 5.58. The Morgan fingerprint density at radius 2 is 2.05 bits per heavy atom. The molecule has 3 aromatic rings. The van der Waals surface area contributed by atoms with Crippen LogP contribution in [0.1, 0.15) is 17.6 Å². The summed E-state index contributed by atoms with van der Waals surface area (Å²) in [5.74, 6) is 0.856. The van der Waals surface area contributed by atoms with Gasteiger partial charge in [0.2, 0.25) is 0 Å². The van der Waals surface area contributed by atoms with Crippen molar-refractivity contribution in [1.82, 2.24) is 4.98 Å². The molecule has 4 heteroatoms. The summed E-state index contributed by atoms with van der Waals surface area (Å²) < 4.78 is 6.89. The fourth-order valence-corrected chi connectivity index (χ4v) is 3.39. The van der Waals surface area contributed by atoms with Gasteiger partial charge in [-0.3, -0.25) is 0 Å². The maximum atomic E-state index is 5.89. The molecular formula is C16H14BrNOS. The fourth-order valence-electron chi connectivity index (χ4n) is 2.05. The van der Waals surface area contributed by atoms with Gasteiger partial charge in [0.15, 0.2) is 0 Å². The molecule has 0 aliphatic rings. The Morgan fingerprint density at radius 3 is 2.85 bits per heavy atom. The van der Waals surface area contributed by atoms with E-state index in [1.54, 1.807) is 11.3 Å². The number of benzene rings is 2. The molecule has 0 bridgehead atoms. The van der Waals surface area contributed by atoms with Gasteiger partial charge in [-0.25, -0.2) is 4.98 Å². The third-order valence-corrected chi connectivity index (χ3v) is 4.97. The van der Waals surface area contributed by atoms with Gasteiger partial charge in [-0.2, -0.15) is 0 Å². The van der Waals surface area contributed by atoms with Gasteiger partial charge in [0.1, 0.15) is 12.4 Å². The van der Waals surface area contributed by atoms with Crippen LogP contribution >= 0.6 is 27.3 Å². The van der Waals surface area contributed by atoms with Crippen molar-refractivity contribution in [2.75, 3.05) is 0 Å². The number of aryl methyl sites for hydroxylation is 1. The van der Waals surface area contributed by atoms with E-state index in [1.165, 1.54) is 5.39 Å². The maximum absolute atomic E-state index is 5.89. The van der Waals surface area contributed by atoms with Crippen LogP contribution in [0.15, 0.2) is 46.3 Å². The van der Waals surface area contributed by atoms with Crippen LogP contribution in [0.4, 0.5) is 0 Å². The number of fused-ring (bicyclic) bond motifs is 1. The first kappa shape index (κ1) is 13.6. The Hall–Kier alpha value is -1.39. The van der Waals surface area contributed by atoms with E-state index in [4.69, 9.17) is 4.74 Å². The van der Waals surface area contributed by atoms with E-state index in [2.05, 4.69) is 51.4 Å². The molecule has 0 spiro atoms. The fraction of sp³-hybridized carbons (Fsp3) is 0.188. The molecule has 102 valence electrons. The topological polar surface area (TPSA) is 22.1 Å². The summed E-state index contributed by atoms with van der Waals surface area (Å²) in [4.78, 5) is 4.51. The average Bonchev–Trinajstić information content (AvgIpc) is 2.95. The van der Waals surface area contributed by atoms with Crippen LogP contribution in [-0.4, -0.2) is 4.98 Å². The predicted molar refractivity (Wildman–Crippen MR) is 87.5 cm³/mol. The minimum atomic E-state index is 0.507. The molecule has 0 atom stereocenters. The van der Waals surface area contributed by atoms with Crippen LogP contribution in [0.25, 0.3) is 10.8 Å². The van der Waals surface area contributed by atoms with Crippen LogP contribution in [0.5, 0.6) is 5.75 Å². The van der Waals surface area contributed by atoms with E-state index >= 15 is 0 Å². The Balaban J connectivity index is 1.82. The van der Waals surface area contributed by atoms with Gasteiger partial charge < -0.3 is 4.74 Å². The molecule has 0 N–H and O–H groups in total. The van der Waals surface area contributed by atoms with Crippen molar-refractivity contribution in [1.29, 1.82) is 0 Å². The Bertz CT molecular complexity index is 738. The highest BCUT2D eigenvalue weighted by molar-refractivity contribution is 9.10. The smallest absolute Gasteiger partial charge is 0.134 e. The van der Waals surface area contributed by atoms with Crippen molar-refractivity contribution in [3.05, 3.63) is 57.0 Å². The van der Waals surface area contributed by atoms with Crippen molar-refractivity contribution in [3.63, 3.8) is 0 Å². The van der Waals surface area contributed by atoms with E-state index < -0.39 is 0 Å². The van der Waals surface area contributed by atoms with Gasteiger partial charge in [-0.15, -0.1) is 11.3 Å². The van der Waals surface area contributed by atoms with Crippen LogP contribution in [0, 0.1) is 0 Å². The van der Waals surface area contributed by atoms with Crippen LogP contribution in [0.3, 0.4) is 0 Å². The molecule has 3 rings (SSSR count). The van der Waals surface area contributed by atoms with Gasteiger partial charge in [0.25, 0.3) is 0 Å². The van der Waals surface area contributed by atoms with Crippen molar-refractivity contribution in [2.45, 2.75) is 20.0 Å². The molecule has 0 fully saturated rings. The molecule has 0 saturated heterocycles. The van der Waals surface area contributed by atoms with Crippen LogP contribution < -0.4 is 4.74 Å². The number of halogens is 1. The summed E-state index contributed by atoms with van der Waals surface area (Å²) in [6.07, 6.45) is 0.977. The second-order valence-electron chi connectivity index (χ2n) is 4.47. The lowest BCUT2D eigenvalue weighted by Gasteiger charge is -2.09. The Kier molecular flexibility index (Phi) is 4.03. The standard InChI is InChI=1S/C16H14BrNOS/c1-2-15-18-12(10-20-15)9-19-14-8-7-11-5-3-4-6-13(11)16(14)17/h3-8,10H,2,9H2,1H3. The molecule has 0 aliphatic heterocycles. The van der Waals surface area contributed by atoms with Crippen LogP contribution in [-0.2, 0) is 13.0 Å². The minimum absolute atomic E-state index is 0.507. The Morgan fingerprint density at radius 1 is 1.20 bits per heavy atom. The first-order valence-electron chi connectivity index (χ1n) is 6.51. The number of rotatable bonds is 4. The molecule has 1 aromatic heterocycles. The maximum Gasteiger partial charge on any atom is 0.134 e. The zero-order chi connectivity index (χ0) is 13.9. The number of ether oxygens (including phenoxy) is 1.